The molecular formula is C28H58Si8. The standard InChI is InChI=1S/C28H58Si8/c1-29(2,3)35(30(4,5)6,33(13,14)27-23-19-17-20-24-27)36(31(7,8)9,32(10,11)12)34(15,16)28-25-21-18-22-26-28/h17-26H,1-16H3. The van der Waals surface area contributed by atoms with Crippen molar-refractivity contribution in [3.05, 3.63) is 60.7 Å². The van der Waals surface area contributed by atoms with Crippen molar-refractivity contribution in [3.63, 3.8) is 0 Å². The predicted octanol–water partition coefficient (Wildman–Crippen LogP) is 8.02. The molecular weight excluding hydrogens is 561 g/mol. The van der Waals surface area contributed by atoms with Crippen LogP contribution in [-0.2, 0) is 0 Å². The van der Waals surface area contributed by atoms with Crippen molar-refractivity contribution < 1.29 is 0 Å². The monoisotopic (exact) mass is 618 g/mol. The predicted molar refractivity (Wildman–Crippen MR) is 192 cm³/mol. The Morgan fingerprint density at radius 1 is 0.306 bits per heavy atom. The maximum atomic E-state index is 2.92. The lowest BCUT2D eigenvalue weighted by molar-refractivity contribution is 1.69. The molecule has 2 aromatic carbocycles. The molecule has 0 spiro atoms. The van der Waals surface area contributed by atoms with Gasteiger partial charge in [-0.05, 0) is 0 Å². The second-order valence-electron chi connectivity index (χ2n) is 16.5. The van der Waals surface area contributed by atoms with Crippen LogP contribution in [0.2, 0.25) is 105 Å². The molecule has 0 unspecified atom stereocenters. The molecule has 0 radical (unpaired) electrons. The van der Waals surface area contributed by atoms with Crippen LogP contribution in [0.15, 0.2) is 60.7 Å². The molecule has 0 amide bonds. The summed E-state index contributed by atoms with van der Waals surface area (Å²) in [5.41, 5.74) is 0. The topological polar surface area (TPSA) is 0 Å². The van der Waals surface area contributed by atoms with Gasteiger partial charge in [0.15, 0.2) is 0 Å². The summed E-state index contributed by atoms with van der Waals surface area (Å²) in [6.07, 6.45) is -3.59. The Morgan fingerprint density at radius 3 is 0.667 bits per heavy atom. The first-order valence-corrected chi connectivity index (χ1v) is 45.1. The van der Waals surface area contributed by atoms with Crippen LogP contribution < -0.4 is 10.4 Å². The van der Waals surface area contributed by atoms with E-state index in [1.54, 1.807) is 10.4 Å². The van der Waals surface area contributed by atoms with Gasteiger partial charge in [0.2, 0.25) is 0 Å². The molecule has 0 atom stereocenters. The molecule has 0 aliphatic rings. The van der Waals surface area contributed by atoms with Gasteiger partial charge in [0.25, 0.3) is 0 Å². The van der Waals surface area contributed by atoms with Crippen LogP contribution in [0.4, 0.5) is 0 Å². The smallest absolute Gasteiger partial charge is 0.0664 e. The van der Waals surface area contributed by atoms with E-state index in [1.165, 1.54) is 0 Å². The lowest BCUT2D eigenvalue weighted by atomic mass is 10.4. The van der Waals surface area contributed by atoms with E-state index in [0.717, 1.165) is 0 Å². The first-order valence-electron chi connectivity index (χ1n) is 14.1. The van der Waals surface area contributed by atoms with E-state index < -0.39 is 57.8 Å². The summed E-state index contributed by atoms with van der Waals surface area (Å²) < 4.78 is 0. The third kappa shape index (κ3) is 4.52. The number of hydrogen-bond donors (Lipinski definition) is 0. The molecule has 36 heavy (non-hydrogen) atoms. The molecule has 202 valence electrons. The van der Waals surface area contributed by atoms with Crippen LogP contribution in [0.25, 0.3) is 0 Å². The molecule has 0 saturated carbocycles. The van der Waals surface area contributed by atoms with Crippen LogP contribution in [-0.4, -0.2) is 57.8 Å². The molecule has 0 fully saturated rings. The summed E-state index contributed by atoms with van der Waals surface area (Å²) in [5, 5.41) is 3.60. The highest BCUT2D eigenvalue weighted by Gasteiger charge is 2.82. The van der Waals surface area contributed by atoms with Crippen molar-refractivity contribution in [1.29, 1.82) is 0 Å². The minimum Gasteiger partial charge on any atom is -0.0721 e. The van der Waals surface area contributed by atoms with Crippen LogP contribution in [0.5, 0.6) is 0 Å². The first-order chi connectivity index (χ1) is 16.0. The Labute approximate surface area is 232 Å². The lowest BCUT2D eigenvalue weighted by Crippen LogP contribution is -3.09. The average molecular weight is 619 g/mol. The minimum absolute atomic E-state index is 1.56. The van der Waals surface area contributed by atoms with E-state index in [9.17, 15) is 0 Å². The number of rotatable bonds is 9. The van der Waals surface area contributed by atoms with E-state index in [-0.39, 0.29) is 0 Å². The van der Waals surface area contributed by atoms with Gasteiger partial charge in [-0.15, -0.1) is 0 Å². The highest BCUT2D eigenvalue weighted by atomic mass is 30.5. The fraction of sp³-hybridized carbons (Fsp3) is 0.571. The maximum absolute atomic E-state index is 2.92. The molecule has 0 nitrogen and oxygen atoms in total. The Morgan fingerprint density at radius 2 is 0.500 bits per heavy atom. The van der Waals surface area contributed by atoms with Crippen molar-refractivity contribution >= 4 is 68.2 Å². The molecule has 2 rings (SSSR count). The van der Waals surface area contributed by atoms with Gasteiger partial charge in [-0.1, -0.05) is 176 Å². The highest BCUT2D eigenvalue weighted by molar-refractivity contribution is 8.29. The van der Waals surface area contributed by atoms with Gasteiger partial charge in [-0.2, -0.15) is 0 Å². The van der Waals surface area contributed by atoms with E-state index in [0.29, 0.717) is 0 Å². The quantitative estimate of drug-likeness (QED) is 0.250. The number of benzene rings is 2. The van der Waals surface area contributed by atoms with Gasteiger partial charge in [0, 0.05) is 42.7 Å². The van der Waals surface area contributed by atoms with Crippen LogP contribution in [0.1, 0.15) is 0 Å². The van der Waals surface area contributed by atoms with Gasteiger partial charge in [-0.3, -0.25) is 0 Å². The molecule has 0 aliphatic heterocycles. The zero-order chi connectivity index (χ0) is 28.2. The fourth-order valence-corrected chi connectivity index (χ4v) is 437. The SMILES string of the molecule is C[Si](C)(C)[Si]([Si](C)(C)C)([Si](C)(C)c1ccccc1)[Si]([Si](C)(C)C)([Si](C)(C)C)[Si](C)(C)c1ccccc1. The summed E-state index contributed by atoms with van der Waals surface area (Å²) in [6, 6.07) is 24.3. The zero-order valence-corrected chi connectivity index (χ0v) is 34.8. The van der Waals surface area contributed by atoms with Crippen LogP contribution in [0, 0.1) is 0 Å². The summed E-state index contributed by atoms with van der Waals surface area (Å²) in [4.78, 5) is 0. The van der Waals surface area contributed by atoms with Gasteiger partial charge in [-0.25, -0.2) is 0 Å². The van der Waals surface area contributed by atoms with Crippen LogP contribution in [0.3, 0.4) is 0 Å². The average Bonchev–Trinajstić information content (AvgIpc) is 2.68. The van der Waals surface area contributed by atoms with E-state index >= 15 is 0 Å². The van der Waals surface area contributed by atoms with Gasteiger partial charge < -0.3 is 0 Å². The second-order valence-corrected chi connectivity index (χ2v) is 107. The maximum Gasteiger partial charge on any atom is 0.0664 e. The van der Waals surface area contributed by atoms with Crippen LogP contribution >= 0.6 is 0 Å². The normalized spacial score (nSPS) is 15.2. The Hall–Kier alpha value is 0.175. The third-order valence-electron chi connectivity index (χ3n) is 9.93. The van der Waals surface area contributed by atoms with Gasteiger partial charge >= 0.3 is 0 Å². The molecule has 0 aromatic heterocycles. The summed E-state index contributed by atoms with van der Waals surface area (Å²) >= 11 is 0. The van der Waals surface area contributed by atoms with Crippen molar-refractivity contribution in [2.45, 2.75) is 105 Å². The molecule has 8 heteroatoms. The third-order valence-corrected chi connectivity index (χ3v) is 226. The van der Waals surface area contributed by atoms with E-state index in [1.807, 2.05) is 0 Å². The molecule has 2 aromatic rings. The van der Waals surface area contributed by atoms with Gasteiger partial charge in [0.05, 0.1) is 15.2 Å². The molecule has 0 N–H and O–H groups in total. The Bertz CT molecular complexity index is 904. The summed E-state index contributed by atoms with van der Waals surface area (Å²) in [5.74, 6) is 0. The minimum atomic E-state index is -1.80. The largest absolute Gasteiger partial charge is 0.0721 e. The van der Waals surface area contributed by atoms with Crippen molar-refractivity contribution in [1.82, 2.24) is 0 Å². The van der Waals surface area contributed by atoms with Crippen molar-refractivity contribution in [2.75, 3.05) is 0 Å². The first kappa shape index (κ1) is 32.4. The number of hydrogen-bond acceptors (Lipinski definition) is 0. The molecule has 0 heterocycles. The highest BCUT2D eigenvalue weighted by Crippen LogP contribution is 2.53. The van der Waals surface area contributed by atoms with E-state index in [2.05, 4.69) is 165 Å². The Balaban J connectivity index is 3.45. The molecule has 0 aliphatic carbocycles. The van der Waals surface area contributed by atoms with Crippen molar-refractivity contribution in [2.24, 2.45) is 0 Å². The summed E-state index contributed by atoms with van der Waals surface area (Å²) in [7, 11) is -9.84. The van der Waals surface area contributed by atoms with E-state index in [4.69, 9.17) is 0 Å². The molecule has 0 saturated heterocycles. The Kier molecular flexibility index (Phi) is 8.97. The van der Waals surface area contributed by atoms with Crippen molar-refractivity contribution in [3.8, 4) is 0 Å². The van der Waals surface area contributed by atoms with Gasteiger partial charge in [0.1, 0.15) is 0 Å². The molecule has 0 bridgehead atoms. The lowest BCUT2D eigenvalue weighted by Gasteiger charge is -2.77. The zero-order valence-electron chi connectivity index (χ0n) is 26.8. The fourth-order valence-electron chi connectivity index (χ4n) is 11.3. The second kappa shape index (κ2) is 9.98. The summed E-state index contributed by atoms with van der Waals surface area (Å²) in [6.45, 7) is 46.4.